The van der Waals surface area contributed by atoms with E-state index in [2.05, 4.69) is 65.9 Å². The Hall–Kier alpha value is -3.33. The summed E-state index contributed by atoms with van der Waals surface area (Å²) in [5, 5.41) is 6.10. The third-order valence-corrected chi connectivity index (χ3v) is 6.22. The Morgan fingerprint density at radius 3 is 2.44 bits per heavy atom. The molecule has 3 aromatic rings. The van der Waals surface area contributed by atoms with Gasteiger partial charge in [-0.3, -0.25) is 4.79 Å². The summed E-state index contributed by atoms with van der Waals surface area (Å²) >= 11 is 1.77. The van der Waals surface area contributed by atoms with Gasteiger partial charge in [0.25, 0.3) is 0 Å². The molecule has 0 spiro atoms. The molecule has 1 aromatic heterocycles. The first-order chi connectivity index (χ1) is 15.5. The van der Waals surface area contributed by atoms with Crippen LogP contribution in [-0.2, 0) is 4.79 Å². The minimum atomic E-state index is -0.105. The molecule has 2 heterocycles. The van der Waals surface area contributed by atoms with Crippen molar-refractivity contribution in [2.24, 2.45) is 0 Å². The van der Waals surface area contributed by atoms with Gasteiger partial charge < -0.3 is 20.4 Å². The number of carbonyl (C=O) groups excluding carboxylic acids is 1. The van der Waals surface area contributed by atoms with E-state index in [4.69, 9.17) is 0 Å². The molecule has 1 fully saturated rings. The van der Waals surface area contributed by atoms with Crippen molar-refractivity contribution in [1.29, 1.82) is 0 Å². The summed E-state index contributed by atoms with van der Waals surface area (Å²) in [5.74, 6) is 1.04. The van der Waals surface area contributed by atoms with Crippen molar-refractivity contribution < 1.29 is 4.79 Å². The summed E-state index contributed by atoms with van der Waals surface area (Å²) < 4.78 is 0. The van der Waals surface area contributed by atoms with E-state index in [-0.39, 0.29) is 5.91 Å². The second kappa shape index (κ2) is 9.86. The Morgan fingerprint density at radius 1 is 0.969 bits per heavy atom. The highest BCUT2D eigenvalue weighted by Gasteiger charge is 2.21. The maximum atomic E-state index is 11.4. The molecule has 1 saturated heterocycles. The van der Waals surface area contributed by atoms with E-state index in [1.165, 1.54) is 23.8 Å². The fourth-order valence-corrected chi connectivity index (χ4v) is 4.38. The van der Waals surface area contributed by atoms with E-state index in [1.54, 1.807) is 11.8 Å². The lowest BCUT2D eigenvalue weighted by atomic mass is 10.1. The molecule has 1 aliphatic rings. The van der Waals surface area contributed by atoms with Gasteiger partial charge in [0, 0.05) is 49.4 Å². The van der Waals surface area contributed by atoms with Crippen LogP contribution < -0.4 is 20.4 Å². The molecule has 1 amide bonds. The third kappa shape index (κ3) is 4.94. The van der Waals surface area contributed by atoms with E-state index in [0.29, 0.717) is 11.9 Å². The number of anilines is 5. The largest absolute Gasteiger partial charge is 0.367 e. The number of thioether (sulfide) groups is 1. The van der Waals surface area contributed by atoms with E-state index in [9.17, 15) is 4.79 Å². The number of rotatable bonds is 6. The highest BCUT2D eigenvalue weighted by Crippen LogP contribution is 2.30. The van der Waals surface area contributed by atoms with Gasteiger partial charge in [0.15, 0.2) is 0 Å². The quantitative estimate of drug-likeness (QED) is 0.548. The molecular weight excluding hydrogens is 422 g/mol. The normalized spacial score (nSPS) is 13.7. The highest BCUT2D eigenvalue weighted by molar-refractivity contribution is 7.98. The molecule has 0 radical (unpaired) electrons. The summed E-state index contributed by atoms with van der Waals surface area (Å²) in [6.45, 7) is 6.93. The van der Waals surface area contributed by atoms with Gasteiger partial charge in [-0.1, -0.05) is 18.2 Å². The topological polar surface area (TPSA) is 86.3 Å². The standard InChI is InChI=1S/C23H27N7OS/c1-16-18(26-17(2)31)7-6-8-19(16)27-22-24-15-25-23(28-22)30-13-11-29(12-14-30)20-9-4-5-10-21(20)32-3/h4-10,15H,11-14H2,1-3H3,(H,26,31)(H,24,25,27,28). The van der Waals surface area contributed by atoms with Gasteiger partial charge in [0.1, 0.15) is 6.33 Å². The minimum Gasteiger partial charge on any atom is -0.367 e. The van der Waals surface area contributed by atoms with Crippen LogP contribution in [0.1, 0.15) is 12.5 Å². The van der Waals surface area contributed by atoms with Crippen LogP contribution in [-0.4, -0.2) is 53.3 Å². The average molecular weight is 450 g/mol. The first-order valence-corrected chi connectivity index (χ1v) is 11.7. The molecular formula is C23H27N7OS. The maximum Gasteiger partial charge on any atom is 0.232 e. The zero-order valence-corrected chi connectivity index (χ0v) is 19.3. The molecule has 1 aliphatic heterocycles. The number of nitrogens with one attached hydrogen (secondary N) is 2. The van der Waals surface area contributed by atoms with Gasteiger partial charge in [-0.25, -0.2) is 9.97 Å². The molecule has 0 unspecified atom stereocenters. The molecule has 4 rings (SSSR count). The Bertz CT molecular complexity index is 1100. The molecule has 0 aliphatic carbocycles. The smallest absolute Gasteiger partial charge is 0.232 e. The van der Waals surface area contributed by atoms with Crippen LogP contribution in [0.15, 0.2) is 53.7 Å². The summed E-state index contributed by atoms with van der Waals surface area (Å²) in [6.07, 6.45) is 3.65. The fourth-order valence-electron chi connectivity index (χ4n) is 3.76. The van der Waals surface area contributed by atoms with Crippen LogP contribution in [0.3, 0.4) is 0 Å². The second-order valence-corrected chi connectivity index (χ2v) is 8.39. The van der Waals surface area contributed by atoms with Crippen molar-refractivity contribution in [2.45, 2.75) is 18.7 Å². The summed E-state index contributed by atoms with van der Waals surface area (Å²) in [7, 11) is 0. The Balaban J connectivity index is 1.45. The SMILES string of the molecule is CSc1ccccc1N1CCN(c2ncnc(Nc3cccc(NC(C)=O)c3C)n2)CC1. The first-order valence-electron chi connectivity index (χ1n) is 10.5. The molecule has 32 heavy (non-hydrogen) atoms. The Labute approximate surface area is 192 Å². The summed E-state index contributed by atoms with van der Waals surface area (Å²) in [4.78, 5) is 30.7. The Kier molecular flexibility index (Phi) is 6.75. The second-order valence-electron chi connectivity index (χ2n) is 7.54. The van der Waals surface area contributed by atoms with Crippen molar-refractivity contribution in [3.8, 4) is 0 Å². The molecule has 0 saturated carbocycles. The van der Waals surface area contributed by atoms with Crippen molar-refractivity contribution >= 4 is 46.6 Å². The van der Waals surface area contributed by atoms with Gasteiger partial charge in [-0.15, -0.1) is 11.8 Å². The maximum absolute atomic E-state index is 11.4. The van der Waals surface area contributed by atoms with Crippen LogP contribution in [0.4, 0.5) is 29.0 Å². The number of piperazine rings is 1. The lowest BCUT2D eigenvalue weighted by Gasteiger charge is -2.36. The van der Waals surface area contributed by atoms with E-state index in [0.717, 1.165) is 43.1 Å². The van der Waals surface area contributed by atoms with Gasteiger partial charge in [-0.05, 0) is 43.0 Å². The van der Waals surface area contributed by atoms with E-state index in [1.807, 2.05) is 25.1 Å². The number of para-hydroxylation sites is 1. The fraction of sp³-hybridized carbons (Fsp3) is 0.304. The predicted molar refractivity (Wildman–Crippen MR) is 131 cm³/mol. The molecule has 8 nitrogen and oxygen atoms in total. The molecule has 0 bridgehead atoms. The lowest BCUT2D eigenvalue weighted by molar-refractivity contribution is -0.114. The molecule has 166 valence electrons. The highest BCUT2D eigenvalue weighted by atomic mass is 32.2. The minimum absolute atomic E-state index is 0.105. The van der Waals surface area contributed by atoms with Gasteiger partial charge in [0.05, 0.1) is 5.69 Å². The van der Waals surface area contributed by atoms with Gasteiger partial charge in [-0.2, -0.15) is 4.98 Å². The van der Waals surface area contributed by atoms with Crippen LogP contribution in [0.25, 0.3) is 0 Å². The predicted octanol–water partition coefficient (Wildman–Crippen LogP) is 3.93. The van der Waals surface area contributed by atoms with Crippen LogP contribution in [0.2, 0.25) is 0 Å². The number of benzene rings is 2. The average Bonchev–Trinajstić information content (AvgIpc) is 2.82. The summed E-state index contributed by atoms with van der Waals surface area (Å²) in [5.41, 5.74) is 3.81. The van der Waals surface area contributed by atoms with Crippen molar-refractivity contribution in [3.63, 3.8) is 0 Å². The number of nitrogens with zero attached hydrogens (tertiary/aromatic N) is 5. The number of hydrogen-bond donors (Lipinski definition) is 2. The van der Waals surface area contributed by atoms with Crippen molar-refractivity contribution in [2.75, 3.05) is 52.9 Å². The van der Waals surface area contributed by atoms with Crippen molar-refractivity contribution in [1.82, 2.24) is 15.0 Å². The number of hydrogen-bond acceptors (Lipinski definition) is 8. The lowest BCUT2D eigenvalue weighted by Crippen LogP contribution is -2.47. The molecule has 2 N–H and O–H groups in total. The van der Waals surface area contributed by atoms with Crippen LogP contribution in [0, 0.1) is 6.92 Å². The molecule has 9 heteroatoms. The number of amides is 1. The number of carbonyl (C=O) groups is 1. The zero-order chi connectivity index (χ0) is 22.5. The van der Waals surface area contributed by atoms with Gasteiger partial charge >= 0.3 is 0 Å². The van der Waals surface area contributed by atoms with E-state index < -0.39 is 0 Å². The zero-order valence-electron chi connectivity index (χ0n) is 18.5. The number of aromatic nitrogens is 3. The van der Waals surface area contributed by atoms with Crippen LogP contribution >= 0.6 is 11.8 Å². The first kappa shape index (κ1) is 21.9. The van der Waals surface area contributed by atoms with Crippen LogP contribution in [0.5, 0.6) is 0 Å². The summed E-state index contributed by atoms with van der Waals surface area (Å²) in [6, 6.07) is 14.2. The van der Waals surface area contributed by atoms with E-state index >= 15 is 0 Å². The molecule has 0 atom stereocenters. The van der Waals surface area contributed by atoms with Gasteiger partial charge in [0.2, 0.25) is 17.8 Å². The molecule has 2 aromatic carbocycles. The van der Waals surface area contributed by atoms with Crippen molar-refractivity contribution in [3.05, 3.63) is 54.4 Å². The Morgan fingerprint density at radius 2 is 1.69 bits per heavy atom. The monoisotopic (exact) mass is 449 g/mol. The third-order valence-electron chi connectivity index (χ3n) is 5.44.